The Balaban J connectivity index is 3.72. The molecule has 0 heterocycles. The van der Waals surface area contributed by atoms with Gasteiger partial charge in [0.15, 0.2) is 0 Å². The quantitative estimate of drug-likeness (QED) is 0.647. The minimum Gasteiger partial charge on any atom is -0.389 e. The second-order valence-electron chi connectivity index (χ2n) is 5.73. The maximum atomic E-state index is 10.0. The number of nitrogens with one attached hydrogen (secondary N) is 1. The van der Waals surface area contributed by atoms with E-state index in [1.165, 1.54) is 0 Å². The molecule has 0 aromatic carbocycles. The van der Waals surface area contributed by atoms with Crippen LogP contribution in [0.1, 0.15) is 53.9 Å². The normalized spacial score (nSPS) is 16.7. The lowest BCUT2D eigenvalue weighted by molar-refractivity contribution is 0.0396. The Morgan fingerprint density at radius 3 is 2.07 bits per heavy atom. The summed E-state index contributed by atoms with van der Waals surface area (Å²) in [6, 6.07) is 0. The van der Waals surface area contributed by atoms with Gasteiger partial charge in [0, 0.05) is 6.54 Å². The van der Waals surface area contributed by atoms with Crippen LogP contribution in [-0.4, -0.2) is 23.8 Å². The Hall–Kier alpha value is -0.0800. The Morgan fingerprint density at radius 2 is 1.64 bits per heavy atom. The van der Waals surface area contributed by atoms with Crippen LogP contribution in [-0.2, 0) is 0 Å². The topological polar surface area (TPSA) is 32.3 Å². The molecule has 0 saturated heterocycles. The average Bonchev–Trinajstić information content (AvgIpc) is 2.00. The third-order valence-corrected chi connectivity index (χ3v) is 2.35. The van der Waals surface area contributed by atoms with Gasteiger partial charge >= 0.3 is 0 Å². The first kappa shape index (κ1) is 13.9. The van der Waals surface area contributed by atoms with Gasteiger partial charge in [-0.25, -0.2) is 0 Å². The number of aliphatic hydroxyl groups is 1. The predicted molar refractivity (Wildman–Crippen MR) is 62.5 cm³/mol. The van der Waals surface area contributed by atoms with Crippen LogP contribution in [0, 0.1) is 5.41 Å². The van der Waals surface area contributed by atoms with Crippen molar-refractivity contribution < 1.29 is 5.11 Å². The third-order valence-electron chi connectivity index (χ3n) is 2.35. The van der Waals surface area contributed by atoms with Crippen molar-refractivity contribution in [3.8, 4) is 0 Å². The first-order chi connectivity index (χ1) is 6.27. The van der Waals surface area contributed by atoms with Crippen LogP contribution < -0.4 is 5.32 Å². The fourth-order valence-corrected chi connectivity index (χ4v) is 1.27. The SMILES string of the molecule is CCCNCC(C)(O)CCC(C)(C)C. The average molecular weight is 201 g/mol. The smallest absolute Gasteiger partial charge is 0.0743 e. The van der Waals surface area contributed by atoms with E-state index in [1.54, 1.807) is 0 Å². The van der Waals surface area contributed by atoms with Crippen molar-refractivity contribution in [2.75, 3.05) is 13.1 Å². The third kappa shape index (κ3) is 8.52. The summed E-state index contributed by atoms with van der Waals surface area (Å²) in [5, 5.41) is 13.3. The van der Waals surface area contributed by atoms with Gasteiger partial charge in [0.05, 0.1) is 5.60 Å². The van der Waals surface area contributed by atoms with E-state index in [-0.39, 0.29) is 0 Å². The van der Waals surface area contributed by atoms with Crippen molar-refractivity contribution in [3.05, 3.63) is 0 Å². The molecular formula is C12H27NO. The fourth-order valence-electron chi connectivity index (χ4n) is 1.27. The van der Waals surface area contributed by atoms with E-state index >= 15 is 0 Å². The maximum Gasteiger partial charge on any atom is 0.0743 e. The van der Waals surface area contributed by atoms with E-state index in [0.717, 1.165) is 25.8 Å². The Morgan fingerprint density at radius 1 is 1.07 bits per heavy atom. The summed E-state index contributed by atoms with van der Waals surface area (Å²) in [5.74, 6) is 0. The van der Waals surface area contributed by atoms with Gasteiger partial charge in [0.2, 0.25) is 0 Å². The summed E-state index contributed by atoms with van der Waals surface area (Å²) in [4.78, 5) is 0. The highest BCUT2D eigenvalue weighted by molar-refractivity contribution is 4.78. The predicted octanol–water partition coefficient (Wildman–Crippen LogP) is 2.56. The van der Waals surface area contributed by atoms with Crippen molar-refractivity contribution in [1.29, 1.82) is 0 Å². The molecule has 0 rings (SSSR count). The summed E-state index contributed by atoms with van der Waals surface area (Å²) in [6.07, 6.45) is 3.05. The van der Waals surface area contributed by atoms with Crippen LogP contribution in [0.15, 0.2) is 0 Å². The van der Waals surface area contributed by atoms with E-state index in [9.17, 15) is 5.11 Å². The molecule has 0 aromatic rings. The first-order valence-corrected chi connectivity index (χ1v) is 5.70. The van der Waals surface area contributed by atoms with Crippen molar-refractivity contribution in [1.82, 2.24) is 5.32 Å². The van der Waals surface area contributed by atoms with Crippen LogP contribution in [0.25, 0.3) is 0 Å². The minimum atomic E-state index is -0.553. The Labute approximate surface area is 89.1 Å². The standard InChI is InChI=1S/C12H27NO/c1-6-9-13-10-12(5,14)8-7-11(2,3)4/h13-14H,6-10H2,1-5H3. The van der Waals surface area contributed by atoms with E-state index in [4.69, 9.17) is 0 Å². The highest BCUT2D eigenvalue weighted by atomic mass is 16.3. The summed E-state index contributed by atoms with van der Waals surface area (Å²) in [7, 11) is 0. The monoisotopic (exact) mass is 201 g/mol. The summed E-state index contributed by atoms with van der Waals surface area (Å²) >= 11 is 0. The molecule has 86 valence electrons. The molecule has 0 aliphatic heterocycles. The first-order valence-electron chi connectivity index (χ1n) is 5.70. The van der Waals surface area contributed by atoms with Gasteiger partial charge in [-0.15, -0.1) is 0 Å². The highest BCUT2D eigenvalue weighted by Crippen LogP contribution is 2.25. The summed E-state index contributed by atoms with van der Waals surface area (Å²) in [6.45, 7) is 12.4. The number of hydrogen-bond acceptors (Lipinski definition) is 2. The molecule has 0 spiro atoms. The molecule has 2 nitrogen and oxygen atoms in total. The molecule has 1 unspecified atom stereocenters. The van der Waals surface area contributed by atoms with Crippen LogP contribution >= 0.6 is 0 Å². The van der Waals surface area contributed by atoms with E-state index in [0.29, 0.717) is 12.0 Å². The van der Waals surface area contributed by atoms with Crippen LogP contribution in [0.2, 0.25) is 0 Å². The molecule has 0 amide bonds. The molecular weight excluding hydrogens is 174 g/mol. The van der Waals surface area contributed by atoms with Crippen molar-refractivity contribution in [2.45, 2.75) is 59.5 Å². The molecule has 2 heteroatoms. The van der Waals surface area contributed by atoms with Crippen LogP contribution in [0.5, 0.6) is 0 Å². The zero-order chi connectivity index (χ0) is 11.2. The van der Waals surface area contributed by atoms with Gasteiger partial charge in [-0.05, 0) is 38.1 Å². The lowest BCUT2D eigenvalue weighted by Gasteiger charge is -2.28. The summed E-state index contributed by atoms with van der Waals surface area (Å²) in [5.41, 5.74) is -0.239. The van der Waals surface area contributed by atoms with E-state index in [2.05, 4.69) is 33.0 Å². The second-order valence-corrected chi connectivity index (χ2v) is 5.73. The second kappa shape index (κ2) is 5.72. The number of hydrogen-bond donors (Lipinski definition) is 2. The molecule has 0 aliphatic rings. The van der Waals surface area contributed by atoms with Crippen molar-refractivity contribution in [3.63, 3.8) is 0 Å². The molecule has 14 heavy (non-hydrogen) atoms. The molecule has 0 saturated carbocycles. The van der Waals surface area contributed by atoms with Crippen molar-refractivity contribution >= 4 is 0 Å². The van der Waals surface area contributed by atoms with Gasteiger partial charge in [-0.1, -0.05) is 27.7 Å². The molecule has 0 fully saturated rings. The summed E-state index contributed by atoms with van der Waals surface area (Å²) < 4.78 is 0. The van der Waals surface area contributed by atoms with Gasteiger partial charge < -0.3 is 10.4 Å². The molecule has 2 N–H and O–H groups in total. The maximum absolute atomic E-state index is 10.0. The minimum absolute atomic E-state index is 0.314. The van der Waals surface area contributed by atoms with Crippen molar-refractivity contribution in [2.24, 2.45) is 5.41 Å². The van der Waals surface area contributed by atoms with Gasteiger partial charge in [-0.3, -0.25) is 0 Å². The van der Waals surface area contributed by atoms with Gasteiger partial charge in [0.25, 0.3) is 0 Å². The highest BCUT2D eigenvalue weighted by Gasteiger charge is 2.22. The molecule has 0 aliphatic carbocycles. The lowest BCUT2D eigenvalue weighted by Crippen LogP contribution is -2.38. The zero-order valence-electron chi connectivity index (χ0n) is 10.5. The largest absolute Gasteiger partial charge is 0.389 e. The lowest BCUT2D eigenvalue weighted by atomic mass is 9.85. The molecule has 1 atom stereocenters. The van der Waals surface area contributed by atoms with E-state index in [1.807, 2.05) is 6.92 Å². The van der Waals surface area contributed by atoms with Gasteiger partial charge in [0.1, 0.15) is 0 Å². The molecule has 0 bridgehead atoms. The van der Waals surface area contributed by atoms with Gasteiger partial charge in [-0.2, -0.15) is 0 Å². The zero-order valence-corrected chi connectivity index (χ0v) is 10.5. The van der Waals surface area contributed by atoms with Crippen LogP contribution in [0.3, 0.4) is 0 Å². The van der Waals surface area contributed by atoms with E-state index < -0.39 is 5.60 Å². The molecule has 0 aromatic heterocycles. The number of rotatable bonds is 6. The Kier molecular flexibility index (Phi) is 5.68. The fraction of sp³-hybridized carbons (Fsp3) is 1.00. The van der Waals surface area contributed by atoms with Crippen LogP contribution in [0.4, 0.5) is 0 Å². The molecule has 0 radical (unpaired) electrons. The Bertz CT molecular complexity index is 147.